The molecule has 0 spiro atoms. The van der Waals surface area contributed by atoms with E-state index < -0.39 is 11.4 Å². The summed E-state index contributed by atoms with van der Waals surface area (Å²) in [6.45, 7) is 1.08. The van der Waals surface area contributed by atoms with Crippen molar-refractivity contribution < 1.29 is 23.8 Å². The number of fused-ring (bicyclic) bond motifs is 3. The average molecular weight is 370 g/mol. The normalized spacial score (nSPS) is 23.7. The Hall–Kier alpha value is -2.80. The van der Waals surface area contributed by atoms with Gasteiger partial charge < -0.3 is 24.1 Å². The summed E-state index contributed by atoms with van der Waals surface area (Å²) in [6, 6.07) is 10.9. The zero-order valence-corrected chi connectivity index (χ0v) is 15.3. The van der Waals surface area contributed by atoms with Gasteiger partial charge in [-0.1, -0.05) is 18.2 Å². The van der Waals surface area contributed by atoms with Crippen LogP contribution in [-0.2, 0) is 11.3 Å². The molecule has 4 rings (SSSR count). The summed E-state index contributed by atoms with van der Waals surface area (Å²) in [5.41, 5.74) is -0.294. The first kappa shape index (κ1) is 17.6. The van der Waals surface area contributed by atoms with Crippen molar-refractivity contribution in [2.45, 2.75) is 12.5 Å². The van der Waals surface area contributed by atoms with Crippen molar-refractivity contribution in [3.63, 3.8) is 0 Å². The van der Waals surface area contributed by atoms with Gasteiger partial charge in [-0.2, -0.15) is 0 Å². The number of aliphatic carboxylic acids is 1. The van der Waals surface area contributed by atoms with Crippen molar-refractivity contribution in [3.05, 3.63) is 53.5 Å². The molecule has 1 N–H and O–H groups in total. The van der Waals surface area contributed by atoms with Gasteiger partial charge in [0, 0.05) is 24.6 Å². The number of furan rings is 1. The summed E-state index contributed by atoms with van der Waals surface area (Å²) >= 11 is 0. The first-order chi connectivity index (χ1) is 12.9. The minimum atomic E-state index is -1.14. The van der Waals surface area contributed by atoms with Crippen LogP contribution in [0.4, 0.5) is 0 Å². The van der Waals surface area contributed by atoms with Gasteiger partial charge in [0.2, 0.25) is 0 Å². The van der Waals surface area contributed by atoms with Crippen molar-refractivity contribution in [2.24, 2.45) is 5.41 Å². The second kappa shape index (κ2) is 6.42. The molecule has 1 aromatic carbocycles. The molecule has 0 radical (unpaired) electrons. The molecular weight excluding hydrogens is 348 g/mol. The molecule has 142 valence electrons. The van der Waals surface area contributed by atoms with E-state index in [9.17, 15) is 14.7 Å². The smallest absolute Gasteiger partial charge is 0.315 e. The van der Waals surface area contributed by atoms with Crippen molar-refractivity contribution in [2.75, 3.05) is 33.8 Å². The highest BCUT2D eigenvalue weighted by molar-refractivity contribution is 5.93. The van der Waals surface area contributed by atoms with Crippen LogP contribution in [0.5, 0.6) is 5.75 Å². The van der Waals surface area contributed by atoms with Crippen LogP contribution in [0.3, 0.4) is 0 Å². The molecule has 0 saturated carbocycles. The molecule has 1 amide bonds. The summed E-state index contributed by atoms with van der Waals surface area (Å²) in [5.74, 6) is 0.0967. The third-order valence-corrected chi connectivity index (χ3v) is 5.38. The lowest BCUT2D eigenvalue weighted by molar-refractivity contribution is -0.151. The Balaban J connectivity index is 1.62. The van der Waals surface area contributed by atoms with E-state index in [4.69, 9.17) is 9.15 Å². The van der Waals surface area contributed by atoms with Crippen LogP contribution >= 0.6 is 0 Å². The van der Waals surface area contributed by atoms with Crippen molar-refractivity contribution in [1.29, 1.82) is 0 Å². The average Bonchev–Trinajstić information content (AvgIpc) is 3.26. The monoisotopic (exact) mass is 370 g/mol. The number of carboxylic acids is 1. The number of para-hydroxylation sites is 1. The first-order valence-corrected chi connectivity index (χ1v) is 8.88. The van der Waals surface area contributed by atoms with E-state index in [0.717, 1.165) is 5.56 Å². The Morgan fingerprint density at radius 2 is 2.04 bits per heavy atom. The molecule has 2 aromatic rings. The Bertz CT molecular complexity index is 890. The van der Waals surface area contributed by atoms with Gasteiger partial charge in [-0.05, 0) is 32.3 Å². The van der Waals surface area contributed by atoms with E-state index >= 15 is 0 Å². The fraction of sp³-hybridized carbons (Fsp3) is 0.400. The fourth-order valence-corrected chi connectivity index (χ4v) is 4.04. The highest BCUT2D eigenvalue weighted by Gasteiger charge is 2.57. The summed E-state index contributed by atoms with van der Waals surface area (Å²) in [7, 11) is 3.84. The Morgan fingerprint density at radius 3 is 2.78 bits per heavy atom. The van der Waals surface area contributed by atoms with E-state index in [1.165, 1.54) is 0 Å². The molecule has 1 fully saturated rings. The molecule has 2 atom stereocenters. The summed E-state index contributed by atoms with van der Waals surface area (Å²) in [4.78, 5) is 28.6. The zero-order chi connectivity index (χ0) is 19.2. The number of benzene rings is 1. The molecule has 7 nitrogen and oxygen atoms in total. The van der Waals surface area contributed by atoms with Crippen LogP contribution in [0.25, 0.3) is 0 Å². The molecule has 3 heterocycles. The van der Waals surface area contributed by atoms with Crippen LogP contribution in [0.1, 0.15) is 27.8 Å². The minimum Gasteiger partial charge on any atom is -0.492 e. The lowest BCUT2D eigenvalue weighted by Crippen LogP contribution is -2.46. The van der Waals surface area contributed by atoms with Gasteiger partial charge in [-0.3, -0.25) is 9.59 Å². The standard InChI is InChI=1S/C20H22N2O5/c1-21(2)9-13-7-8-17(27-13)18(23)22-10-15-14-5-3-4-6-16(14)26-12-20(15,11-22)19(24)25/h3-8,15H,9-12H2,1-2H3,(H,24,25)/t15-,20-/m0/s1. The molecule has 27 heavy (non-hydrogen) atoms. The summed E-state index contributed by atoms with van der Waals surface area (Å²) in [5, 5.41) is 9.95. The molecular formula is C20H22N2O5. The maximum Gasteiger partial charge on any atom is 0.315 e. The number of ether oxygens (including phenoxy) is 1. The van der Waals surface area contributed by atoms with E-state index in [2.05, 4.69) is 0 Å². The minimum absolute atomic E-state index is 0.0534. The lowest BCUT2D eigenvalue weighted by Gasteiger charge is -2.35. The number of likely N-dealkylation sites (tertiary alicyclic amines) is 1. The van der Waals surface area contributed by atoms with Gasteiger partial charge in [0.15, 0.2) is 5.76 Å². The van der Waals surface area contributed by atoms with Crippen molar-refractivity contribution in [1.82, 2.24) is 9.80 Å². The topological polar surface area (TPSA) is 83.2 Å². The van der Waals surface area contributed by atoms with E-state index in [1.54, 1.807) is 17.0 Å². The van der Waals surface area contributed by atoms with Gasteiger partial charge in [-0.15, -0.1) is 0 Å². The molecule has 2 aliphatic heterocycles. The van der Waals surface area contributed by atoms with E-state index in [0.29, 0.717) is 24.6 Å². The van der Waals surface area contributed by atoms with Gasteiger partial charge in [0.25, 0.3) is 5.91 Å². The molecule has 0 bridgehead atoms. The van der Waals surface area contributed by atoms with Crippen LogP contribution in [0.2, 0.25) is 0 Å². The number of carbonyl (C=O) groups is 2. The van der Waals surface area contributed by atoms with Crippen LogP contribution in [0.15, 0.2) is 40.8 Å². The van der Waals surface area contributed by atoms with Crippen molar-refractivity contribution in [3.8, 4) is 5.75 Å². The number of hydrogen-bond donors (Lipinski definition) is 1. The van der Waals surface area contributed by atoms with Gasteiger partial charge in [0.1, 0.15) is 23.5 Å². The third-order valence-electron chi connectivity index (χ3n) is 5.38. The van der Waals surface area contributed by atoms with Crippen LogP contribution < -0.4 is 4.74 Å². The van der Waals surface area contributed by atoms with Gasteiger partial charge >= 0.3 is 5.97 Å². The van der Waals surface area contributed by atoms with Gasteiger partial charge in [0.05, 0.1) is 6.54 Å². The molecule has 0 unspecified atom stereocenters. The van der Waals surface area contributed by atoms with E-state index in [1.807, 2.05) is 43.3 Å². The number of carboxylic acid groups (broad SMARTS) is 1. The van der Waals surface area contributed by atoms with E-state index in [-0.39, 0.29) is 30.7 Å². The number of amides is 1. The highest BCUT2D eigenvalue weighted by Crippen LogP contribution is 2.49. The predicted octanol–water partition coefficient (Wildman–Crippen LogP) is 2.04. The summed E-state index contributed by atoms with van der Waals surface area (Å²) in [6.07, 6.45) is 0. The number of rotatable bonds is 4. The third kappa shape index (κ3) is 2.88. The second-order valence-electron chi connectivity index (χ2n) is 7.53. The maximum atomic E-state index is 13.0. The highest BCUT2D eigenvalue weighted by atomic mass is 16.5. The van der Waals surface area contributed by atoms with Crippen LogP contribution in [-0.4, -0.2) is 60.6 Å². The Morgan fingerprint density at radius 1 is 1.26 bits per heavy atom. The quantitative estimate of drug-likeness (QED) is 0.887. The molecule has 1 saturated heterocycles. The molecule has 7 heteroatoms. The molecule has 1 aromatic heterocycles. The number of hydrogen-bond acceptors (Lipinski definition) is 5. The molecule has 2 aliphatic rings. The predicted molar refractivity (Wildman–Crippen MR) is 96.7 cm³/mol. The maximum absolute atomic E-state index is 13.0. The second-order valence-corrected chi connectivity index (χ2v) is 7.53. The lowest BCUT2D eigenvalue weighted by atomic mass is 9.73. The largest absolute Gasteiger partial charge is 0.492 e. The summed E-state index contributed by atoms with van der Waals surface area (Å²) < 4.78 is 11.4. The van der Waals surface area contributed by atoms with Crippen molar-refractivity contribution >= 4 is 11.9 Å². The Labute approximate surface area is 157 Å². The number of nitrogens with zero attached hydrogens (tertiary/aromatic N) is 2. The SMILES string of the molecule is CN(C)Cc1ccc(C(=O)N2C[C@H]3c4ccccc4OC[C@@]3(C(=O)O)C2)o1. The Kier molecular flexibility index (Phi) is 4.19. The molecule has 0 aliphatic carbocycles. The zero-order valence-electron chi connectivity index (χ0n) is 15.3. The fourth-order valence-electron chi connectivity index (χ4n) is 4.04. The van der Waals surface area contributed by atoms with Crippen LogP contribution in [0, 0.1) is 5.41 Å². The number of carbonyl (C=O) groups excluding carboxylic acids is 1. The van der Waals surface area contributed by atoms with Gasteiger partial charge in [-0.25, -0.2) is 0 Å². The first-order valence-electron chi connectivity index (χ1n) is 8.88.